The molecule has 1 N–H and O–H groups in total. The lowest BCUT2D eigenvalue weighted by molar-refractivity contribution is 0.273. The van der Waals surface area contributed by atoms with Crippen LogP contribution in [0.4, 0.5) is 0 Å². The fraction of sp³-hybridized carbons (Fsp3) is 0.778. The second kappa shape index (κ2) is 7.09. The van der Waals surface area contributed by atoms with Gasteiger partial charge >= 0.3 is 0 Å². The zero-order valence-electron chi connectivity index (χ0n) is 12.8. The third-order valence-corrected chi connectivity index (χ3v) is 6.43. The number of hydrogen-bond acceptors (Lipinski definition) is 2. The van der Waals surface area contributed by atoms with Crippen LogP contribution >= 0.6 is 11.3 Å². The summed E-state index contributed by atoms with van der Waals surface area (Å²) in [4.78, 5) is 1.58. The third kappa shape index (κ3) is 3.46. The molecule has 1 aromatic rings. The molecule has 20 heavy (non-hydrogen) atoms. The van der Waals surface area contributed by atoms with Gasteiger partial charge in [-0.05, 0) is 49.0 Å². The van der Waals surface area contributed by atoms with Crippen molar-refractivity contribution >= 4 is 11.3 Å². The summed E-state index contributed by atoms with van der Waals surface area (Å²) >= 11 is 1.95. The maximum Gasteiger partial charge on any atom is 0.0445 e. The Hall–Kier alpha value is -0.340. The first kappa shape index (κ1) is 14.6. The minimum Gasteiger partial charge on any atom is -0.306 e. The van der Waals surface area contributed by atoms with Gasteiger partial charge in [0.15, 0.2) is 0 Å². The van der Waals surface area contributed by atoms with Crippen LogP contribution in [-0.4, -0.2) is 6.04 Å². The summed E-state index contributed by atoms with van der Waals surface area (Å²) in [6.45, 7) is 2.46. The summed E-state index contributed by atoms with van der Waals surface area (Å²) in [5.74, 6) is 1.73. The molecule has 2 aliphatic rings. The van der Waals surface area contributed by atoms with E-state index < -0.39 is 0 Å². The van der Waals surface area contributed by atoms with E-state index in [9.17, 15) is 0 Å². The van der Waals surface area contributed by atoms with E-state index in [1.165, 1.54) is 57.8 Å². The van der Waals surface area contributed by atoms with Gasteiger partial charge in [-0.1, -0.05) is 45.1 Å². The van der Waals surface area contributed by atoms with Crippen molar-refractivity contribution in [2.75, 3.05) is 0 Å². The van der Waals surface area contributed by atoms with Crippen LogP contribution in [0.2, 0.25) is 0 Å². The molecule has 1 heterocycles. The van der Waals surface area contributed by atoms with E-state index in [1.807, 2.05) is 11.3 Å². The average Bonchev–Trinajstić information content (AvgIpc) is 3.12. The van der Waals surface area contributed by atoms with Crippen molar-refractivity contribution in [1.29, 1.82) is 0 Å². The molecule has 2 fully saturated rings. The maximum absolute atomic E-state index is 4.10. The summed E-state index contributed by atoms with van der Waals surface area (Å²) in [6, 6.07) is 5.94. The van der Waals surface area contributed by atoms with Gasteiger partial charge in [-0.2, -0.15) is 0 Å². The van der Waals surface area contributed by atoms with Crippen LogP contribution in [0.15, 0.2) is 17.5 Å². The number of hydrogen-bond donors (Lipinski definition) is 1. The Bertz CT molecular complexity index is 380. The molecule has 0 spiro atoms. The normalized spacial score (nSPS) is 30.2. The molecular formula is C18H29NS. The molecule has 0 bridgehead atoms. The smallest absolute Gasteiger partial charge is 0.0445 e. The molecule has 0 radical (unpaired) electrons. The van der Waals surface area contributed by atoms with Crippen molar-refractivity contribution in [2.24, 2.45) is 11.8 Å². The molecule has 0 amide bonds. The molecule has 0 aliphatic heterocycles. The SMILES string of the molecule is CC1CCCCCC1NC(c1cccs1)C1CCCC1. The van der Waals surface area contributed by atoms with Gasteiger partial charge in [0.25, 0.3) is 0 Å². The van der Waals surface area contributed by atoms with Gasteiger partial charge in [0.05, 0.1) is 0 Å². The zero-order valence-corrected chi connectivity index (χ0v) is 13.6. The lowest BCUT2D eigenvalue weighted by Gasteiger charge is -2.32. The summed E-state index contributed by atoms with van der Waals surface area (Å²) in [5, 5.41) is 6.35. The van der Waals surface area contributed by atoms with E-state index in [1.54, 1.807) is 4.88 Å². The Morgan fingerprint density at radius 2 is 1.80 bits per heavy atom. The van der Waals surface area contributed by atoms with Crippen LogP contribution in [0.25, 0.3) is 0 Å². The lowest BCUT2D eigenvalue weighted by atomic mass is 9.91. The van der Waals surface area contributed by atoms with Gasteiger partial charge in [-0.25, -0.2) is 0 Å². The predicted molar refractivity (Wildman–Crippen MR) is 88.2 cm³/mol. The van der Waals surface area contributed by atoms with Gasteiger partial charge < -0.3 is 5.32 Å². The molecule has 1 aromatic heterocycles. The summed E-state index contributed by atoms with van der Waals surface area (Å²) in [5.41, 5.74) is 0. The number of rotatable bonds is 4. The third-order valence-electron chi connectivity index (χ3n) is 5.48. The van der Waals surface area contributed by atoms with Crippen molar-refractivity contribution in [3.05, 3.63) is 22.4 Å². The second-order valence-electron chi connectivity index (χ2n) is 6.93. The zero-order chi connectivity index (χ0) is 13.8. The monoisotopic (exact) mass is 291 g/mol. The molecule has 112 valence electrons. The van der Waals surface area contributed by atoms with E-state index in [0.717, 1.165) is 17.9 Å². The summed E-state index contributed by atoms with van der Waals surface area (Å²) < 4.78 is 0. The van der Waals surface area contributed by atoms with E-state index in [-0.39, 0.29) is 0 Å². The van der Waals surface area contributed by atoms with Gasteiger partial charge in [0.2, 0.25) is 0 Å². The minimum atomic E-state index is 0.628. The van der Waals surface area contributed by atoms with Crippen molar-refractivity contribution in [2.45, 2.75) is 76.8 Å². The van der Waals surface area contributed by atoms with Crippen molar-refractivity contribution in [3.8, 4) is 0 Å². The molecule has 0 aromatic carbocycles. The van der Waals surface area contributed by atoms with Gasteiger partial charge in [0.1, 0.15) is 0 Å². The first-order chi connectivity index (χ1) is 9.84. The highest BCUT2D eigenvalue weighted by molar-refractivity contribution is 7.10. The van der Waals surface area contributed by atoms with Crippen LogP contribution in [0, 0.1) is 11.8 Å². The largest absolute Gasteiger partial charge is 0.306 e. The Morgan fingerprint density at radius 3 is 2.55 bits per heavy atom. The summed E-state index contributed by atoms with van der Waals surface area (Å²) in [6.07, 6.45) is 12.8. The molecule has 0 saturated heterocycles. The fourth-order valence-corrected chi connectivity index (χ4v) is 5.06. The molecule has 3 unspecified atom stereocenters. The first-order valence-electron chi connectivity index (χ1n) is 8.64. The number of nitrogens with one attached hydrogen (secondary N) is 1. The highest BCUT2D eigenvalue weighted by Crippen LogP contribution is 2.38. The standard InChI is InChI=1S/C18H29NS/c1-14-8-3-2-4-11-16(14)19-18(15-9-5-6-10-15)17-12-7-13-20-17/h7,12-16,18-19H,2-6,8-11H2,1H3. The Morgan fingerprint density at radius 1 is 1.05 bits per heavy atom. The quantitative estimate of drug-likeness (QED) is 0.718. The van der Waals surface area contributed by atoms with Gasteiger partial charge in [-0.15, -0.1) is 11.3 Å². The number of thiophene rings is 1. The lowest BCUT2D eigenvalue weighted by Crippen LogP contribution is -2.39. The molecule has 2 saturated carbocycles. The van der Waals surface area contributed by atoms with Gasteiger partial charge in [-0.3, -0.25) is 0 Å². The van der Waals surface area contributed by atoms with Gasteiger partial charge in [0, 0.05) is 17.0 Å². The van der Waals surface area contributed by atoms with E-state index in [0.29, 0.717) is 6.04 Å². The second-order valence-corrected chi connectivity index (χ2v) is 7.91. The molecule has 2 aliphatic carbocycles. The van der Waals surface area contributed by atoms with Crippen LogP contribution in [0.3, 0.4) is 0 Å². The van der Waals surface area contributed by atoms with Crippen molar-refractivity contribution in [1.82, 2.24) is 5.32 Å². The molecule has 1 nitrogen and oxygen atoms in total. The van der Waals surface area contributed by atoms with E-state index >= 15 is 0 Å². The molecule has 3 atom stereocenters. The average molecular weight is 292 g/mol. The Balaban J connectivity index is 1.71. The highest BCUT2D eigenvalue weighted by Gasteiger charge is 2.30. The summed E-state index contributed by atoms with van der Waals surface area (Å²) in [7, 11) is 0. The maximum atomic E-state index is 4.10. The molecular weight excluding hydrogens is 262 g/mol. The Kier molecular flexibility index (Phi) is 5.17. The van der Waals surface area contributed by atoms with Crippen LogP contribution < -0.4 is 5.32 Å². The molecule has 3 rings (SSSR count). The van der Waals surface area contributed by atoms with E-state index in [4.69, 9.17) is 0 Å². The predicted octanol–water partition coefficient (Wildman–Crippen LogP) is 5.54. The van der Waals surface area contributed by atoms with Crippen molar-refractivity contribution in [3.63, 3.8) is 0 Å². The minimum absolute atomic E-state index is 0.628. The van der Waals surface area contributed by atoms with Crippen LogP contribution in [0.1, 0.15) is 75.6 Å². The fourth-order valence-electron chi connectivity index (χ4n) is 4.18. The first-order valence-corrected chi connectivity index (χ1v) is 9.52. The van der Waals surface area contributed by atoms with E-state index in [2.05, 4.69) is 29.8 Å². The molecule has 2 heteroatoms. The Labute approximate surface area is 128 Å². The highest BCUT2D eigenvalue weighted by atomic mass is 32.1. The van der Waals surface area contributed by atoms with Crippen LogP contribution in [-0.2, 0) is 0 Å². The van der Waals surface area contributed by atoms with Crippen molar-refractivity contribution < 1.29 is 0 Å². The topological polar surface area (TPSA) is 12.0 Å². The van der Waals surface area contributed by atoms with Crippen LogP contribution in [0.5, 0.6) is 0 Å².